The first-order valence-electron chi connectivity index (χ1n) is 7.11. The third kappa shape index (κ3) is 3.35. The molecule has 1 aliphatic heterocycles. The van der Waals surface area contributed by atoms with E-state index in [0.29, 0.717) is 23.7 Å². The summed E-state index contributed by atoms with van der Waals surface area (Å²) in [6.07, 6.45) is 0.446. The first-order chi connectivity index (χ1) is 10.1. The van der Waals surface area contributed by atoms with Crippen LogP contribution in [0.3, 0.4) is 0 Å². The number of aliphatic carboxylic acids is 1. The third-order valence-corrected chi connectivity index (χ3v) is 4.20. The second kappa shape index (κ2) is 5.80. The van der Waals surface area contributed by atoms with Crippen LogP contribution < -0.4 is 4.74 Å². The van der Waals surface area contributed by atoms with Crippen LogP contribution in [0.15, 0.2) is 24.3 Å². The topological polar surface area (TPSA) is 66.8 Å². The molecule has 1 amide bonds. The summed E-state index contributed by atoms with van der Waals surface area (Å²) in [5, 5.41) is 9.78. The van der Waals surface area contributed by atoms with Crippen LogP contribution in [0.1, 0.15) is 27.2 Å². The van der Waals surface area contributed by atoms with Crippen molar-refractivity contribution in [2.75, 3.05) is 13.1 Å². The largest absolute Gasteiger partial charge is 0.481 e. The van der Waals surface area contributed by atoms with Gasteiger partial charge in [-0.2, -0.15) is 0 Å². The van der Waals surface area contributed by atoms with E-state index in [4.69, 9.17) is 16.3 Å². The lowest BCUT2D eigenvalue weighted by molar-refractivity contribution is -0.149. The molecule has 1 atom stereocenters. The van der Waals surface area contributed by atoms with Gasteiger partial charge in [0.25, 0.3) is 5.91 Å². The molecule has 0 bridgehead atoms. The molecule has 0 saturated carbocycles. The Bertz CT molecular complexity index is 602. The highest BCUT2D eigenvalue weighted by atomic mass is 35.5. The van der Waals surface area contributed by atoms with Gasteiger partial charge in [-0.3, -0.25) is 9.59 Å². The monoisotopic (exact) mass is 325 g/mol. The van der Waals surface area contributed by atoms with Crippen molar-refractivity contribution in [2.45, 2.75) is 32.8 Å². The van der Waals surface area contributed by atoms with Gasteiger partial charge in [-0.15, -0.1) is 0 Å². The van der Waals surface area contributed by atoms with Crippen molar-refractivity contribution >= 4 is 23.5 Å². The molecule has 0 spiro atoms. The van der Waals surface area contributed by atoms with Crippen LogP contribution in [-0.2, 0) is 9.59 Å². The van der Waals surface area contributed by atoms with Crippen molar-refractivity contribution in [1.29, 1.82) is 0 Å². The Morgan fingerprint density at radius 3 is 2.64 bits per heavy atom. The Labute approximate surface area is 134 Å². The number of carbonyl (C=O) groups excluding carboxylic acids is 1. The molecule has 5 nitrogen and oxygen atoms in total. The first-order valence-corrected chi connectivity index (χ1v) is 7.49. The van der Waals surface area contributed by atoms with Crippen LogP contribution in [0.25, 0.3) is 0 Å². The molecule has 1 aromatic carbocycles. The van der Waals surface area contributed by atoms with E-state index in [0.717, 1.165) is 0 Å². The number of rotatable bonds is 4. The smallest absolute Gasteiger partial charge is 0.311 e. The number of hydrogen-bond acceptors (Lipinski definition) is 3. The van der Waals surface area contributed by atoms with Crippen LogP contribution in [0.2, 0.25) is 5.02 Å². The predicted molar refractivity (Wildman–Crippen MR) is 83.1 cm³/mol. The maximum atomic E-state index is 12.6. The molecule has 1 N–H and O–H groups in total. The standard InChI is InChI=1S/C16H20ClNO4/c1-15(2,22-12-6-4-5-11(17)9-12)13(19)18-8-7-16(3,10-18)14(20)21/h4-6,9H,7-8,10H2,1-3H3,(H,20,21). The Balaban J connectivity index is 2.10. The molecule has 120 valence electrons. The average Bonchev–Trinajstić information content (AvgIpc) is 2.81. The van der Waals surface area contributed by atoms with Crippen LogP contribution >= 0.6 is 11.6 Å². The van der Waals surface area contributed by atoms with E-state index >= 15 is 0 Å². The highest BCUT2D eigenvalue weighted by Gasteiger charge is 2.45. The van der Waals surface area contributed by atoms with Crippen molar-refractivity contribution in [3.05, 3.63) is 29.3 Å². The van der Waals surface area contributed by atoms with Gasteiger partial charge in [-0.05, 0) is 45.4 Å². The lowest BCUT2D eigenvalue weighted by Gasteiger charge is -2.30. The lowest BCUT2D eigenvalue weighted by Crippen LogP contribution is -2.49. The molecule has 0 radical (unpaired) electrons. The van der Waals surface area contributed by atoms with Crippen LogP contribution in [0.5, 0.6) is 5.75 Å². The van der Waals surface area contributed by atoms with Gasteiger partial charge in [-0.1, -0.05) is 17.7 Å². The van der Waals surface area contributed by atoms with E-state index in [9.17, 15) is 14.7 Å². The summed E-state index contributed by atoms with van der Waals surface area (Å²) >= 11 is 5.91. The molecule has 1 aromatic rings. The van der Waals surface area contributed by atoms with Crippen LogP contribution in [0, 0.1) is 5.41 Å². The van der Waals surface area contributed by atoms with Crippen molar-refractivity contribution < 1.29 is 19.4 Å². The Kier molecular flexibility index (Phi) is 4.38. The molecular weight excluding hydrogens is 306 g/mol. The maximum absolute atomic E-state index is 12.6. The number of hydrogen-bond donors (Lipinski definition) is 1. The van der Waals surface area contributed by atoms with E-state index < -0.39 is 17.0 Å². The Morgan fingerprint density at radius 1 is 1.41 bits per heavy atom. The molecule has 0 aromatic heterocycles. The number of carboxylic acids is 1. The molecule has 0 aliphatic carbocycles. The minimum Gasteiger partial charge on any atom is -0.481 e. The number of ether oxygens (including phenoxy) is 1. The summed E-state index contributed by atoms with van der Waals surface area (Å²) in [6, 6.07) is 6.84. The summed E-state index contributed by atoms with van der Waals surface area (Å²) < 4.78 is 5.76. The highest BCUT2D eigenvalue weighted by Crippen LogP contribution is 2.32. The van der Waals surface area contributed by atoms with Gasteiger partial charge in [-0.25, -0.2) is 0 Å². The average molecular weight is 326 g/mol. The van der Waals surface area contributed by atoms with Gasteiger partial charge in [0, 0.05) is 18.1 Å². The highest BCUT2D eigenvalue weighted by molar-refractivity contribution is 6.30. The fraction of sp³-hybridized carbons (Fsp3) is 0.500. The zero-order valence-corrected chi connectivity index (χ0v) is 13.7. The van der Waals surface area contributed by atoms with E-state index in [-0.39, 0.29) is 12.5 Å². The minimum atomic E-state index is -1.09. The normalized spacial score (nSPS) is 21.7. The fourth-order valence-electron chi connectivity index (χ4n) is 2.56. The number of amides is 1. The number of benzene rings is 1. The molecular formula is C16H20ClNO4. The predicted octanol–water partition coefficient (Wildman–Crippen LogP) is 2.82. The Morgan fingerprint density at radius 2 is 2.09 bits per heavy atom. The van der Waals surface area contributed by atoms with E-state index in [1.54, 1.807) is 49.9 Å². The minimum absolute atomic E-state index is 0.198. The molecule has 1 saturated heterocycles. The quantitative estimate of drug-likeness (QED) is 0.924. The van der Waals surface area contributed by atoms with Gasteiger partial charge < -0.3 is 14.7 Å². The van der Waals surface area contributed by atoms with Crippen LogP contribution in [-0.4, -0.2) is 40.6 Å². The Hall–Kier alpha value is -1.75. The van der Waals surface area contributed by atoms with Gasteiger partial charge in [0.1, 0.15) is 5.75 Å². The summed E-state index contributed by atoms with van der Waals surface area (Å²) in [5.41, 5.74) is -1.98. The number of carboxylic acid groups (broad SMARTS) is 1. The van der Waals surface area contributed by atoms with E-state index in [1.165, 1.54) is 0 Å². The van der Waals surface area contributed by atoms with Gasteiger partial charge in [0.05, 0.1) is 5.41 Å². The van der Waals surface area contributed by atoms with Crippen molar-refractivity contribution in [3.63, 3.8) is 0 Å². The first kappa shape index (κ1) is 16.6. The lowest BCUT2D eigenvalue weighted by atomic mass is 9.90. The molecule has 1 fully saturated rings. The number of nitrogens with zero attached hydrogens (tertiary/aromatic N) is 1. The third-order valence-electron chi connectivity index (χ3n) is 3.96. The summed E-state index contributed by atoms with van der Waals surface area (Å²) in [7, 11) is 0. The van der Waals surface area contributed by atoms with Gasteiger partial charge in [0.2, 0.25) is 0 Å². The molecule has 2 rings (SSSR count). The maximum Gasteiger partial charge on any atom is 0.311 e. The SMILES string of the molecule is CC1(C(=O)O)CCN(C(=O)C(C)(C)Oc2cccc(Cl)c2)C1. The zero-order chi connectivity index (χ0) is 16.5. The molecule has 1 heterocycles. The van der Waals surface area contributed by atoms with Crippen molar-refractivity contribution in [3.8, 4) is 5.75 Å². The summed E-state index contributed by atoms with van der Waals surface area (Å²) in [4.78, 5) is 25.5. The molecule has 1 unspecified atom stereocenters. The van der Waals surface area contributed by atoms with Crippen LogP contribution in [0.4, 0.5) is 0 Å². The second-order valence-electron chi connectivity index (χ2n) is 6.41. The zero-order valence-electron chi connectivity index (χ0n) is 12.9. The van der Waals surface area contributed by atoms with E-state index in [2.05, 4.69) is 0 Å². The van der Waals surface area contributed by atoms with Crippen molar-refractivity contribution in [1.82, 2.24) is 4.90 Å². The number of carbonyl (C=O) groups is 2. The second-order valence-corrected chi connectivity index (χ2v) is 6.85. The van der Waals surface area contributed by atoms with Gasteiger partial charge in [0.15, 0.2) is 5.60 Å². The van der Waals surface area contributed by atoms with Gasteiger partial charge >= 0.3 is 5.97 Å². The summed E-state index contributed by atoms with van der Waals surface area (Å²) in [5.74, 6) is -0.597. The molecule has 22 heavy (non-hydrogen) atoms. The molecule has 6 heteroatoms. The number of halogens is 1. The summed E-state index contributed by atoms with van der Waals surface area (Å²) in [6.45, 7) is 5.63. The molecule has 1 aliphatic rings. The van der Waals surface area contributed by atoms with Crippen molar-refractivity contribution in [2.24, 2.45) is 5.41 Å². The van der Waals surface area contributed by atoms with E-state index in [1.807, 2.05) is 0 Å². The number of likely N-dealkylation sites (tertiary alicyclic amines) is 1. The fourth-order valence-corrected chi connectivity index (χ4v) is 2.74.